The minimum atomic E-state index is -0.242. The van der Waals surface area contributed by atoms with Gasteiger partial charge in [0.2, 0.25) is 5.91 Å². The van der Waals surface area contributed by atoms with Crippen LogP contribution in [-0.2, 0) is 9.59 Å². The number of hydrogen-bond acceptors (Lipinski definition) is 2. The van der Waals surface area contributed by atoms with E-state index in [4.69, 9.17) is 23.2 Å². The van der Waals surface area contributed by atoms with Crippen molar-refractivity contribution >= 4 is 40.6 Å². The van der Waals surface area contributed by atoms with E-state index in [0.29, 0.717) is 22.9 Å². The van der Waals surface area contributed by atoms with Gasteiger partial charge in [-0.3, -0.25) is 14.5 Å². The van der Waals surface area contributed by atoms with Gasteiger partial charge in [0.05, 0.1) is 5.69 Å². The van der Waals surface area contributed by atoms with Crippen LogP contribution < -0.4 is 4.90 Å². The Hall–Kier alpha value is -2.10. The number of allylic oxidation sites excluding steroid dienone is 2. The van der Waals surface area contributed by atoms with E-state index in [2.05, 4.69) is 13.8 Å². The number of benzene rings is 2. The molecular formula is C24H23Cl2NO2. The molecular weight excluding hydrogens is 405 g/mol. The summed E-state index contributed by atoms with van der Waals surface area (Å²) in [6, 6.07) is 13.0. The van der Waals surface area contributed by atoms with E-state index < -0.39 is 0 Å². The third kappa shape index (κ3) is 3.62. The van der Waals surface area contributed by atoms with Crippen molar-refractivity contribution < 1.29 is 9.59 Å². The molecule has 1 unspecified atom stereocenters. The number of carbonyl (C=O) groups is 2. The van der Waals surface area contributed by atoms with Crippen LogP contribution in [0.1, 0.15) is 50.2 Å². The van der Waals surface area contributed by atoms with E-state index >= 15 is 0 Å². The Labute approximate surface area is 181 Å². The first-order valence-corrected chi connectivity index (χ1v) is 10.5. The van der Waals surface area contributed by atoms with Crippen molar-refractivity contribution in [3.05, 3.63) is 74.9 Å². The third-order valence-corrected chi connectivity index (χ3v) is 6.56. The predicted molar refractivity (Wildman–Crippen MR) is 118 cm³/mol. The number of nitrogens with zero attached hydrogens (tertiary/aromatic N) is 1. The van der Waals surface area contributed by atoms with E-state index in [1.54, 1.807) is 4.90 Å². The third-order valence-electron chi connectivity index (χ3n) is 5.90. The second-order valence-corrected chi connectivity index (χ2v) is 9.57. The largest absolute Gasteiger partial charge is 0.294 e. The molecule has 1 aliphatic carbocycles. The van der Waals surface area contributed by atoms with Crippen LogP contribution in [0.15, 0.2) is 53.7 Å². The Bertz CT molecular complexity index is 1040. The second-order valence-electron chi connectivity index (χ2n) is 8.72. The zero-order valence-electron chi connectivity index (χ0n) is 16.8. The van der Waals surface area contributed by atoms with Gasteiger partial charge < -0.3 is 0 Å². The molecule has 150 valence electrons. The molecule has 1 heterocycles. The van der Waals surface area contributed by atoms with Crippen LogP contribution in [0.4, 0.5) is 5.69 Å². The number of halogens is 2. The fourth-order valence-corrected chi connectivity index (χ4v) is 4.81. The minimum Gasteiger partial charge on any atom is -0.294 e. The Kier molecular flexibility index (Phi) is 5.08. The summed E-state index contributed by atoms with van der Waals surface area (Å²) < 4.78 is 0. The van der Waals surface area contributed by atoms with Crippen LogP contribution in [0.2, 0.25) is 10.0 Å². The van der Waals surface area contributed by atoms with Crippen LogP contribution in [0.3, 0.4) is 0 Å². The maximum atomic E-state index is 13.4. The van der Waals surface area contributed by atoms with Crippen molar-refractivity contribution in [3.8, 4) is 0 Å². The molecule has 0 saturated heterocycles. The maximum absolute atomic E-state index is 13.4. The fourth-order valence-electron chi connectivity index (χ4n) is 4.51. The van der Waals surface area contributed by atoms with Gasteiger partial charge in [-0.1, -0.05) is 55.2 Å². The quantitative estimate of drug-likeness (QED) is 0.550. The molecule has 29 heavy (non-hydrogen) atoms. The lowest BCUT2D eigenvalue weighted by Crippen LogP contribution is -2.44. The zero-order chi connectivity index (χ0) is 20.9. The summed E-state index contributed by atoms with van der Waals surface area (Å²) in [6.07, 6.45) is 1.39. The Morgan fingerprint density at radius 2 is 1.69 bits per heavy atom. The molecule has 3 nitrogen and oxygen atoms in total. The highest BCUT2D eigenvalue weighted by atomic mass is 35.5. The Morgan fingerprint density at radius 1 is 1.00 bits per heavy atom. The number of Topliss-reactive ketones (excluding diaryl/α,β-unsaturated/α-hetero) is 1. The summed E-state index contributed by atoms with van der Waals surface area (Å²) in [6.45, 7) is 6.06. The van der Waals surface area contributed by atoms with Crippen LogP contribution in [0, 0.1) is 12.3 Å². The van der Waals surface area contributed by atoms with Crippen molar-refractivity contribution in [1.82, 2.24) is 0 Å². The van der Waals surface area contributed by atoms with Gasteiger partial charge in [0.15, 0.2) is 5.78 Å². The molecule has 2 aliphatic rings. The summed E-state index contributed by atoms with van der Waals surface area (Å²) in [4.78, 5) is 28.4. The number of anilines is 1. The summed E-state index contributed by atoms with van der Waals surface area (Å²) in [5.74, 6) is -0.137. The summed E-state index contributed by atoms with van der Waals surface area (Å²) >= 11 is 12.4. The molecule has 0 saturated carbocycles. The van der Waals surface area contributed by atoms with Gasteiger partial charge >= 0.3 is 0 Å². The van der Waals surface area contributed by atoms with Crippen LogP contribution in [0.5, 0.6) is 0 Å². The van der Waals surface area contributed by atoms with Gasteiger partial charge in [0.1, 0.15) is 0 Å². The average Bonchev–Trinajstić information content (AvgIpc) is 2.63. The Morgan fingerprint density at radius 3 is 2.38 bits per heavy atom. The molecule has 0 bridgehead atoms. The van der Waals surface area contributed by atoms with Gasteiger partial charge in [0, 0.05) is 40.1 Å². The maximum Gasteiger partial charge on any atom is 0.232 e. The number of rotatable bonds is 2. The number of hydrogen-bond donors (Lipinski definition) is 0. The SMILES string of the molecule is Cc1c(Cl)cccc1N1C(=O)CC(c2ccc(Cl)cc2)C2=C1CC(C)(C)CC2=O. The summed E-state index contributed by atoms with van der Waals surface area (Å²) in [7, 11) is 0. The van der Waals surface area contributed by atoms with Gasteiger partial charge in [-0.25, -0.2) is 0 Å². The molecule has 1 amide bonds. The van der Waals surface area contributed by atoms with Gasteiger partial charge in [0.25, 0.3) is 0 Å². The molecule has 1 atom stereocenters. The lowest BCUT2D eigenvalue weighted by molar-refractivity contribution is -0.121. The first-order valence-electron chi connectivity index (χ1n) is 9.78. The van der Waals surface area contributed by atoms with Crippen LogP contribution in [-0.4, -0.2) is 11.7 Å². The van der Waals surface area contributed by atoms with E-state index in [1.807, 2.05) is 49.4 Å². The van der Waals surface area contributed by atoms with Crippen molar-refractivity contribution in [2.24, 2.45) is 5.41 Å². The highest BCUT2D eigenvalue weighted by Gasteiger charge is 2.44. The van der Waals surface area contributed by atoms with Gasteiger partial charge in [-0.15, -0.1) is 0 Å². The second kappa shape index (κ2) is 7.30. The molecule has 5 heteroatoms. The zero-order valence-corrected chi connectivity index (χ0v) is 18.3. The number of carbonyl (C=O) groups excluding carboxylic acids is 2. The molecule has 2 aromatic rings. The fraction of sp³-hybridized carbons (Fsp3) is 0.333. The summed E-state index contributed by atoms with van der Waals surface area (Å²) in [5.41, 5.74) is 3.91. The molecule has 0 spiro atoms. The van der Waals surface area contributed by atoms with E-state index in [9.17, 15) is 9.59 Å². The standard InChI is InChI=1S/C24H23Cl2NO2/c1-14-18(26)5-4-6-19(14)27-20-12-24(2,3)13-21(28)23(20)17(11-22(27)29)15-7-9-16(25)10-8-15/h4-10,17H,11-13H2,1-3H3. The monoisotopic (exact) mass is 427 g/mol. The normalized spacial score (nSPS) is 21.4. The van der Waals surface area contributed by atoms with Crippen molar-refractivity contribution in [2.75, 3.05) is 4.90 Å². The molecule has 0 radical (unpaired) electrons. The minimum absolute atomic E-state index is 0.0143. The van der Waals surface area contributed by atoms with Crippen LogP contribution >= 0.6 is 23.2 Å². The number of amides is 1. The molecule has 0 aromatic heterocycles. The first kappa shape index (κ1) is 20.2. The highest BCUT2D eigenvalue weighted by molar-refractivity contribution is 6.32. The topological polar surface area (TPSA) is 37.4 Å². The Balaban J connectivity index is 1.92. The molecule has 4 rings (SSSR count). The van der Waals surface area contributed by atoms with E-state index in [1.165, 1.54) is 0 Å². The van der Waals surface area contributed by atoms with Crippen molar-refractivity contribution in [1.29, 1.82) is 0 Å². The molecule has 2 aromatic carbocycles. The van der Waals surface area contributed by atoms with E-state index in [0.717, 1.165) is 28.1 Å². The molecule has 0 fully saturated rings. The first-order chi connectivity index (χ1) is 13.7. The van der Waals surface area contributed by atoms with Crippen molar-refractivity contribution in [2.45, 2.75) is 46.0 Å². The number of ketones is 1. The lowest BCUT2D eigenvalue weighted by atomic mass is 9.69. The van der Waals surface area contributed by atoms with Crippen molar-refractivity contribution in [3.63, 3.8) is 0 Å². The smallest absolute Gasteiger partial charge is 0.232 e. The summed E-state index contributed by atoms with van der Waals surface area (Å²) in [5, 5.41) is 1.25. The molecule has 1 aliphatic heterocycles. The van der Waals surface area contributed by atoms with Gasteiger partial charge in [-0.2, -0.15) is 0 Å². The van der Waals surface area contributed by atoms with Crippen LogP contribution in [0.25, 0.3) is 0 Å². The lowest BCUT2D eigenvalue weighted by Gasteiger charge is -2.43. The predicted octanol–water partition coefficient (Wildman–Crippen LogP) is 6.47. The van der Waals surface area contributed by atoms with E-state index in [-0.39, 0.29) is 29.4 Å². The highest BCUT2D eigenvalue weighted by Crippen LogP contribution is 2.48. The average molecular weight is 428 g/mol. The van der Waals surface area contributed by atoms with Gasteiger partial charge in [-0.05, 0) is 54.2 Å². The molecule has 0 N–H and O–H groups in total.